The molecule has 2 aromatic carbocycles. The fourth-order valence-corrected chi connectivity index (χ4v) is 2.88. The number of nitrogens with one attached hydrogen (secondary N) is 2. The van der Waals surface area contributed by atoms with Crippen LogP contribution < -0.4 is 4.72 Å². The summed E-state index contributed by atoms with van der Waals surface area (Å²) in [6, 6.07) is 9.66. The highest BCUT2D eigenvalue weighted by Crippen LogP contribution is 2.20. The van der Waals surface area contributed by atoms with Crippen LogP contribution in [-0.2, 0) is 10.0 Å². The van der Waals surface area contributed by atoms with E-state index in [-0.39, 0.29) is 4.90 Å². The molecule has 0 fully saturated rings. The van der Waals surface area contributed by atoms with E-state index in [1.54, 1.807) is 24.4 Å². The summed E-state index contributed by atoms with van der Waals surface area (Å²) in [7, 11) is -3.73. The van der Waals surface area contributed by atoms with Crippen LogP contribution in [0.1, 0.15) is 0 Å². The summed E-state index contributed by atoms with van der Waals surface area (Å²) in [4.78, 5) is 0.00573. The van der Waals surface area contributed by atoms with Gasteiger partial charge in [-0.3, -0.25) is 9.82 Å². The van der Waals surface area contributed by atoms with Gasteiger partial charge in [0.1, 0.15) is 5.82 Å². The van der Waals surface area contributed by atoms with Crippen molar-refractivity contribution in [3.05, 3.63) is 54.5 Å². The van der Waals surface area contributed by atoms with Crippen LogP contribution >= 0.6 is 0 Å². The maximum atomic E-state index is 12.8. The van der Waals surface area contributed by atoms with Crippen molar-refractivity contribution in [3.8, 4) is 0 Å². The highest BCUT2D eigenvalue weighted by Gasteiger charge is 2.14. The first-order valence-corrected chi connectivity index (χ1v) is 7.24. The van der Waals surface area contributed by atoms with Crippen LogP contribution in [0.25, 0.3) is 10.9 Å². The van der Waals surface area contributed by atoms with Gasteiger partial charge in [-0.25, -0.2) is 12.8 Å². The van der Waals surface area contributed by atoms with Gasteiger partial charge in [-0.15, -0.1) is 0 Å². The lowest BCUT2D eigenvalue weighted by atomic mass is 10.2. The topological polar surface area (TPSA) is 74.8 Å². The Morgan fingerprint density at radius 2 is 1.85 bits per heavy atom. The Morgan fingerprint density at radius 3 is 2.60 bits per heavy atom. The molecule has 0 atom stereocenters. The highest BCUT2D eigenvalue weighted by molar-refractivity contribution is 7.92. The standard InChI is InChI=1S/C13H10FN3O2S/c14-10-1-4-12(5-2-10)20(18,19)17-11-3-6-13-9(7-11)8-15-16-13/h1-8,17H,(H,15,16). The van der Waals surface area contributed by atoms with E-state index in [1.165, 1.54) is 12.1 Å². The smallest absolute Gasteiger partial charge is 0.261 e. The molecule has 102 valence electrons. The van der Waals surface area contributed by atoms with Gasteiger partial charge in [-0.05, 0) is 42.5 Å². The van der Waals surface area contributed by atoms with Crippen LogP contribution in [0.2, 0.25) is 0 Å². The molecule has 1 heterocycles. The Morgan fingerprint density at radius 1 is 1.10 bits per heavy atom. The van der Waals surface area contributed by atoms with E-state index in [9.17, 15) is 12.8 Å². The van der Waals surface area contributed by atoms with Gasteiger partial charge in [-0.1, -0.05) is 0 Å². The molecule has 1 aromatic heterocycles. The van der Waals surface area contributed by atoms with Gasteiger partial charge in [0.05, 0.1) is 16.6 Å². The predicted octanol–water partition coefficient (Wildman–Crippen LogP) is 2.50. The number of aromatic amines is 1. The molecule has 0 saturated heterocycles. The molecule has 0 bridgehead atoms. The van der Waals surface area contributed by atoms with Crippen molar-refractivity contribution >= 4 is 26.6 Å². The molecular formula is C13H10FN3O2S. The minimum Gasteiger partial charge on any atom is -0.280 e. The third-order valence-corrected chi connectivity index (χ3v) is 4.21. The molecule has 0 aliphatic heterocycles. The zero-order valence-corrected chi connectivity index (χ0v) is 11.0. The van der Waals surface area contributed by atoms with Crippen LogP contribution in [0, 0.1) is 5.82 Å². The Balaban J connectivity index is 1.94. The second-order valence-electron chi connectivity index (χ2n) is 4.23. The number of benzene rings is 2. The predicted molar refractivity (Wildman–Crippen MR) is 73.3 cm³/mol. The summed E-state index contributed by atoms with van der Waals surface area (Å²) in [6.07, 6.45) is 1.60. The zero-order chi connectivity index (χ0) is 14.2. The fraction of sp³-hybridized carbons (Fsp3) is 0. The average Bonchev–Trinajstić information content (AvgIpc) is 2.86. The molecule has 0 saturated carbocycles. The summed E-state index contributed by atoms with van der Waals surface area (Å²) < 4.78 is 39.5. The fourth-order valence-electron chi connectivity index (χ4n) is 1.83. The zero-order valence-electron chi connectivity index (χ0n) is 10.2. The lowest BCUT2D eigenvalue weighted by Gasteiger charge is -2.08. The van der Waals surface area contributed by atoms with E-state index < -0.39 is 15.8 Å². The van der Waals surface area contributed by atoms with E-state index in [1.807, 2.05) is 0 Å². The summed E-state index contributed by atoms with van der Waals surface area (Å²) in [5.74, 6) is -0.483. The van der Waals surface area contributed by atoms with Gasteiger partial charge in [0.2, 0.25) is 0 Å². The number of hydrogen-bond donors (Lipinski definition) is 2. The third kappa shape index (κ3) is 2.35. The largest absolute Gasteiger partial charge is 0.280 e. The lowest BCUT2D eigenvalue weighted by molar-refractivity contribution is 0.599. The molecule has 7 heteroatoms. The Bertz CT molecular complexity index is 857. The number of rotatable bonds is 3. The number of sulfonamides is 1. The Kier molecular flexibility index (Phi) is 2.90. The van der Waals surface area contributed by atoms with Gasteiger partial charge < -0.3 is 0 Å². The summed E-state index contributed by atoms with van der Waals surface area (Å²) in [5.41, 5.74) is 1.23. The Hall–Kier alpha value is -2.41. The monoisotopic (exact) mass is 291 g/mol. The maximum absolute atomic E-state index is 12.8. The van der Waals surface area contributed by atoms with Crippen molar-refractivity contribution in [1.29, 1.82) is 0 Å². The van der Waals surface area contributed by atoms with E-state index in [2.05, 4.69) is 14.9 Å². The first-order valence-electron chi connectivity index (χ1n) is 5.76. The number of nitrogens with zero attached hydrogens (tertiary/aromatic N) is 1. The molecular weight excluding hydrogens is 281 g/mol. The molecule has 0 aliphatic carbocycles. The number of H-pyrrole nitrogens is 1. The molecule has 0 unspecified atom stereocenters. The van der Waals surface area contributed by atoms with Crippen molar-refractivity contribution in [2.24, 2.45) is 0 Å². The molecule has 0 spiro atoms. The highest BCUT2D eigenvalue weighted by atomic mass is 32.2. The van der Waals surface area contributed by atoms with Crippen molar-refractivity contribution in [1.82, 2.24) is 10.2 Å². The third-order valence-electron chi connectivity index (χ3n) is 2.82. The van der Waals surface area contributed by atoms with Gasteiger partial charge in [-0.2, -0.15) is 5.10 Å². The molecule has 3 aromatic rings. The van der Waals surface area contributed by atoms with E-state index in [0.29, 0.717) is 5.69 Å². The molecule has 0 radical (unpaired) electrons. The first-order chi connectivity index (χ1) is 9.54. The Labute approximate surface area is 114 Å². The minimum atomic E-state index is -3.73. The molecule has 5 nitrogen and oxygen atoms in total. The van der Waals surface area contributed by atoms with Crippen molar-refractivity contribution < 1.29 is 12.8 Å². The quantitative estimate of drug-likeness (QED) is 0.778. The molecule has 20 heavy (non-hydrogen) atoms. The van der Waals surface area contributed by atoms with Gasteiger partial charge >= 0.3 is 0 Å². The van der Waals surface area contributed by atoms with Crippen LogP contribution in [0.5, 0.6) is 0 Å². The molecule has 2 N–H and O–H groups in total. The normalized spacial score (nSPS) is 11.7. The SMILES string of the molecule is O=S(=O)(Nc1ccc2[nH]ncc2c1)c1ccc(F)cc1. The van der Waals surface area contributed by atoms with Gasteiger partial charge in [0.25, 0.3) is 10.0 Å². The maximum Gasteiger partial charge on any atom is 0.261 e. The summed E-state index contributed by atoms with van der Waals surface area (Å²) >= 11 is 0. The lowest BCUT2D eigenvalue weighted by Crippen LogP contribution is -2.12. The van der Waals surface area contributed by atoms with E-state index in [0.717, 1.165) is 23.0 Å². The summed E-state index contributed by atoms with van der Waals surface area (Å²) in [6.45, 7) is 0. The van der Waals surface area contributed by atoms with E-state index in [4.69, 9.17) is 0 Å². The number of aromatic nitrogens is 2. The second kappa shape index (κ2) is 4.61. The van der Waals surface area contributed by atoms with Gasteiger partial charge in [0, 0.05) is 11.1 Å². The molecule has 0 amide bonds. The van der Waals surface area contributed by atoms with Crippen molar-refractivity contribution in [2.45, 2.75) is 4.90 Å². The number of fused-ring (bicyclic) bond motifs is 1. The van der Waals surface area contributed by atoms with Crippen molar-refractivity contribution in [2.75, 3.05) is 4.72 Å². The van der Waals surface area contributed by atoms with Gasteiger partial charge in [0.15, 0.2) is 0 Å². The number of anilines is 1. The first kappa shape index (κ1) is 12.6. The van der Waals surface area contributed by atoms with Crippen LogP contribution in [0.15, 0.2) is 53.6 Å². The molecule has 3 rings (SSSR count). The number of hydrogen-bond acceptors (Lipinski definition) is 3. The average molecular weight is 291 g/mol. The van der Waals surface area contributed by atoms with Crippen LogP contribution in [-0.4, -0.2) is 18.6 Å². The van der Waals surface area contributed by atoms with Crippen LogP contribution in [0.4, 0.5) is 10.1 Å². The number of halogens is 1. The second-order valence-corrected chi connectivity index (χ2v) is 5.91. The minimum absolute atomic E-state index is 0.00573. The van der Waals surface area contributed by atoms with Crippen molar-refractivity contribution in [3.63, 3.8) is 0 Å². The molecule has 0 aliphatic rings. The van der Waals surface area contributed by atoms with Crippen LogP contribution in [0.3, 0.4) is 0 Å². The van der Waals surface area contributed by atoms with E-state index >= 15 is 0 Å². The summed E-state index contributed by atoms with van der Waals surface area (Å²) in [5, 5.41) is 7.44.